The summed E-state index contributed by atoms with van der Waals surface area (Å²) in [5.74, 6) is -1.09. The Labute approximate surface area is 122 Å². The Morgan fingerprint density at radius 1 is 1.30 bits per heavy atom. The first-order chi connectivity index (χ1) is 9.56. The quantitative estimate of drug-likeness (QED) is 0.594. The van der Waals surface area contributed by atoms with Crippen molar-refractivity contribution in [2.45, 2.75) is 26.7 Å². The van der Waals surface area contributed by atoms with Crippen LogP contribution in [0.15, 0.2) is 0 Å². The molecule has 0 radical (unpaired) electrons. The highest BCUT2D eigenvalue weighted by Gasteiger charge is 2.26. The number of carbonyl (C=O) groups excluding carboxylic acids is 2. The molecule has 0 saturated carbocycles. The molecular formula is C13H20N2O4S. The van der Waals surface area contributed by atoms with Crippen molar-refractivity contribution in [3.05, 3.63) is 10.4 Å². The van der Waals surface area contributed by atoms with Crippen LogP contribution in [0.2, 0.25) is 0 Å². The number of ether oxygens (including phenoxy) is 2. The zero-order chi connectivity index (χ0) is 15.1. The molecule has 1 heterocycles. The van der Waals surface area contributed by atoms with Gasteiger partial charge in [-0.2, -0.15) is 0 Å². The van der Waals surface area contributed by atoms with Crippen LogP contribution in [-0.2, 0) is 9.47 Å². The van der Waals surface area contributed by atoms with Crippen LogP contribution in [0.4, 0.5) is 10.7 Å². The number of nitrogen functional groups attached to an aromatic ring is 1. The molecule has 3 N–H and O–H groups in total. The maximum atomic E-state index is 11.8. The average molecular weight is 300 g/mol. The lowest BCUT2D eigenvalue weighted by atomic mass is 10.2. The summed E-state index contributed by atoms with van der Waals surface area (Å²) in [6.07, 6.45) is 1.97. The number of unbranched alkanes of at least 4 members (excludes halogenated alkanes) is 1. The monoisotopic (exact) mass is 300 g/mol. The number of hydrogen-bond acceptors (Lipinski definition) is 7. The molecule has 0 atom stereocenters. The molecule has 0 spiro atoms. The van der Waals surface area contributed by atoms with Crippen LogP contribution >= 0.6 is 11.3 Å². The summed E-state index contributed by atoms with van der Waals surface area (Å²) in [6, 6.07) is 0. The van der Waals surface area contributed by atoms with Crippen molar-refractivity contribution in [3.8, 4) is 0 Å². The first-order valence-corrected chi connectivity index (χ1v) is 7.29. The first-order valence-electron chi connectivity index (χ1n) is 6.48. The van der Waals surface area contributed by atoms with Gasteiger partial charge in [0.1, 0.15) is 15.4 Å². The fourth-order valence-corrected chi connectivity index (χ4v) is 2.63. The summed E-state index contributed by atoms with van der Waals surface area (Å²) in [6.45, 7) is 4.73. The zero-order valence-corrected chi connectivity index (χ0v) is 12.8. The van der Waals surface area contributed by atoms with E-state index in [1.807, 2.05) is 0 Å². The molecule has 112 valence electrons. The van der Waals surface area contributed by atoms with Gasteiger partial charge in [-0.05, 0) is 13.3 Å². The minimum absolute atomic E-state index is 0.110. The summed E-state index contributed by atoms with van der Waals surface area (Å²) in [4.78, 5) is 23.8. The third kappa shape index (κ3) is 3.63. The second kappa shape index (κ2) is 7.74. The SMILES string of the molecule is CCCCNc1sc(C(=O)OCC)c(N)c1C(=O)OC. The molecule has 0 aliphatic rings. The molecule has 0 aromatic carbocycles. The van der Waals surface area contributed by atoms with Gasteiger partial charge in [0, 0.05) is 6.54 Å². The van der Waals surface area contributed by atoms with E-state index < -0.39 is 11.9 Å². The molecule has 20 heavy (non-hydrogen) atoms. The molecular weight excluding hydrogens is 280 g/mol. The maximum Gasteiger partial charge on any atom is 0.350 e. The highest BCUT2D eigenvalue weighted by atomic mass is 32.1. The molecule has 0 saturated heterocycles. The number of hydrogen-bond donors (Lipinski definition) is 2. The minimum atomic E-state index is -0.562. The molecule has 1 rings (SSSR count). The Morgan fingerprint density at radius 3 is 2.55 bits per heavy atom. The molecule has 0 fully saturated rings. The molecule has 7 heteroatoms. The number of thiophene rings is 1. The Balaban J connectivity index is 3.10. The smallest absolute Gasteiger partial charge is 0.350 e. The van der Waals surface area contributed by atoms with Crippen LogP contribution in [0, 0.1) is 0 Å². The van der Waals surface area contributed by atoms with Gasteiger partial charge >= 0.3 is 11.9 Å². The lowest BCUT2D eigenvalue weighted by Gasteiger charge is -2.05. The van der Waals surface area contributed by atoms with E-state index in [0.717, 1.165) is 24.2 Å². The first kappa shape index (κ1) is 16.3. The van der Waals surface area contributed by atoms with Crippen molar-refractivity contribution in [3.63, 3.8) is 0 Å². The summed E-state index contributed by atoms with van der Waals surface area (Å²) in [5.41, 5.74) is 6.20. The standard InChI is InChI=1S/C13H20N2O4S/c1-4-6-7-15-11-8(12(16)18-3)9(14)10(20-11)13(17)19-5-2/h15H,4-7,14H2,1-3H3. The molecule has 6 nitrogen and oxygen atoms in total. The number of nitrogens with two attached hydrogens (primary N) is 1. The summed E-state index contributed by atoms with van der Waals surface area (Å²) in [7, 11) is 1.28. The molecule has 1 aromatic heterocycles. The summed E-state index contributed by atoms with van der Waals surface area (Å²) in [5, 5.41) is 3.66. The number of rotatable bonds is 7. The summed E-state index contributed by atoms with van der Waals surface area (Å²) >= 11 is 1.12. The van der Waals surface area contributed by atoms with E-state index in [4.69, 9.17) is 15.2 Å². The van der Waals surface area contributed by atoms with E-state index in [2.05, 4.69) is 12.2 Å². The van der Waals surface area contributed by atoms with Crippen molar-refractivity contribution in [2.24, 2.45) is 0 Å². The fourth-order valence-electron chi connectivity index (χ4n) is 1.60. The van der Waals surface area contributed by atoms with Crippen molar-refractivity contribution in [2.75, 3.05) is 31.3 Å². The molecule has 1 aromatic rings. The van der Waals surface area contributed by atoms with Crippen molar-refractivity contribution in [1.29, 1.82) is 0 Å². The molecule has 0 bridgehead atoms. The van der Waals surface area contributed by atoms with Crippen LogP contribution in [0.5, 0.6) is 0 Å². The van der Waals surface area contributed by atoms with Crippen LogP contribution in [0.1, 0.15) is 46.7 Å². The van der Waals surface area contributed by atoms with Gasteiger partial charge in [-0.15, -0.1) is 11.3 Å². The van der Waals surface area contributed by atoms with Gasteiger partial charge < -0.3 is 20.5 Å². The molecule has 0 unspecified atom stereocenters. The van der Waals surface area contributed by atoms with Crippen molar-refractivity contribution in [1.82, 2.24) is 0 Å². The lowest BCUT2D eigenvalue weighted by molar-refractivity contribution is 0.0533. The fraction of sp³-hybridized carbons (Fsp3) is 0.538. The highest BCUT2D eigenvalue weighted by Crippen LogP contribution is 2.36. The van der Waals surface area contributed by atoms with Gasteiger partial charge in [0.05, 0.1) is 19.4 Å². The Kier molecular flexibility index (Phi) is 6.30. The van der Waals surface area contributed by atoms with Crippen LogP contribution < -0.4 is 11.1 Å². The number of esters is 2. The molecule has 0 amide bonds. The van der Waals surface area contributed by atoms with E-state index in [9.17, 15) is 9.59 Å². The Bertz CT molecular complexity index is 485. The Hall–Kier alpha value is -1.76. The van der Waals surface area contributed by atoms with Gasteiger partial charge in [0.25, 0.3) is 0 Å². The van der Waals surface area contributed by atoms with E-state index in [1.54, 1.807) is 6.92 Å². The zero-order valence-electron chi connectivity index (χ0n) is 11.9. The number of carbonyl (C=O) groups is 2. The topological polar surface area (TPSA) is 90.6 Å². The van der Waals surface area contributed by atoms with Crippen molar-refractivity contribution >= 4 is 34.0 Å². The van der Waals surface area contributed by atoms with Gasteiger partial charge in [-0.3, -0.25) is 0 Å². The van der Waals surface area contributed by atoms with Crippen LogP contribution in [-0.4, -0.2) is 32.2 Å². The largest absolute Gasteiger partial charge is 0.465 e. The minimum Gasteiger partial charge on any atom is -0.465 e. The van der Waals surface area contributed by atoms with Gasteiger partial charge in [0.2, 0.25) is 0 Å². The predicted octanol–water partition coefficient (Wildman–Crippen LogP) is 2.51. The average Bonchev–Trinajstić information content (AvgIpc) is 2.75. The summed E-state index contributed by atoms with van der Waals surface area (Å²) < 4.78 is 9.64. The normalized spacial score (nSPS) is 10.2. The number of methoxy groups -OCH3 is 1. The third-order valence-corrected chi connectivity index (χ3v) is 3.75. The van der Waals surface area contributed by atoms with E-state index in [0.29, 0.717) is 11.5 Å². The second-order valence-corrected chi connectivity index (χ2v) is 5.06. The second-order valence-electron chi connectivity index (χ2n) is 4.04. The lowest BCUT2D eigenvalue weighted by Crippen LogP contribution is -2.10. The Morgan fingerprint density at radius 2 is 2.00 bits per heavy atom. The van der Waals surface area contributed by atoms with E-state index in [1.165, 1.54) is 7.11 Å². The molecule has 0 aliphatic carbocycles. The number of anilines is 2. The van der Waals surface area contributed by atoms with Gasteiger partial charge in [-0.25, -0.2) is 9.59 Å². The van der Waals surface area contributed by atoms with Crippen molar-refractivity contribution < 1.29 is 19.1 Å². The predicted molar refractivity (Wildman–Crippen MR) is 79.4 cm³/mol. The molecule has 0 aliphatic heterocycles. The maximum absolute atomic E-state index is 11.8. The van der Waals surface area contributed by atoms with Crippen LogP contribution in [0.25, 0.3) is 0 Å². The van der Waals surface area contributed by atoms with E-state index >= 15 is 0 Å². The third-order valence-electron chi connectivity index (χ3n) is 2.61. The van der Waals surface area contributed by atoms with Gasteiger partial charge in [0.15, 0.2) is 0 Å². The van der Waals surface area contributed by atoms with Crippen LogP contribution in [0.3, 0.4) is 0 Å². The van der Waals surface area contributed by atoms with Gasteiger partial charge in [-0.1, -0.05) is 13.3 Å². The number of nitrogens with one attached hydrogen (secondary N) is 1. The highest BCUT2D eigenvalue weighted by molar-refractivity contribution is 7.19. The van der Waals surface area contributed by atoms with E-state index in [-0.39, 0.29) is 22.7 Å².